The molecule has 0 unspecified atom stereocenters. The van der Waals surface area contributed by atoms with E-state index in [1.165, 1.54) is 18.2 Å². The van der Waals surface area contributed by atoms with E-state index in [1.807, 2.05) is 48.5 Å². The summed E-state index contributed by atoms with van der Waals surface area (Å²) in [6.45, 7) is 0. The summed E-state index contributed by atoms with van der Waals surface area (Å²) in [6.07, 6.45) is 0.618. The molecule has 0 aliphatic carbocycles. The third-order valence-corrected chi connectivity index (χ3v) is 4.17. The smallest absolute Gasteiger partial charge is 0.303 e. The van der Waals surface area contributed by atoms with E-state index >= 15 is 0 Å². The van der Waals surface area contributed by atoms with Gasteiger partial charge in [0.15, 0.2) is 0 Å². The third-order valence-electron chi connectivity index (χ3n) is 3.88. The second-order valence-electron chi connectivity index (χ2n) is 5.80. The van der Waals surface area contributed by atoms with Crippen LogP contribution in [0, 0.1) is 5.82 Å². The standard InChI is InChI=1S/C21H16ClFO3/c22-19-13-18(9-10-20(19)23)26-17-3-1-2-16(12-17)15-7-4-14(5-8-15)6-11-21(24)25/h1-5,7-10,12-13H,6,11H2,(H,24,25). The van der Waals surface area contributed by atoms with Gasteiger partial charge in [0.2, 0.25) is 0 Å². The van der Waals surface area contributed by atoms with Crippen LogP contribution in [-0.2, 0) is 11.2 Å². The molecular weight excluding hydrogens is 355 g/mol. The monoisotopic (exact) mass is 370 g/mol. The summed E-state index contributed by atoms with van der Waals surface area (Å²) >= 11 is 5.78. The van der Waals surface area contributed by atoms with Crippen LogP contribution in [0.4, 0.5) is 4.39 Å². The fourth-order valence-electron chi connectivity index (χ4n) is 2.53. The van der Waals surface area contributed by atoms with E-state index in [9.17, 15) is 9.18 Å². The second-order valence-corrected chi connectivity index (χ2v) is 6.20. The van der Waals surface area contributed by atoms with Crippen molar-refractivity contribution in [3.05, 3.63) is 83.1 Å². The van der Waals surface area contributed by atoms with Gasteiger partial charge in [-0.05, 0) is 47.4 Å². The molecule has 3 rings (SSSR count). The van der Waals surface area contributed by atoms with Gasteiger partial charge in [-0.15, -0.1) is 0 Å². The lowest BCUT2D eigenvalue weighted by atomic mass is 10.0. The summed E-state index contributed by atoms with van der Waals surface area (Å²) < 4.78 is 19.0. The largest absolute Gasteiger partial charge is 0.481 e. The molecule has 0 aliphatic rings. The maximum Gasteiger partial charge on any atom is 0.303 e. The van der Waals surface area contributed by atoms with Gasteiger partial charge >= 0.3 is 5.97 Å². The SMILES string of the molecule is O=C(O)CCc1ccc(-c2cccc(Oc3ccc(F)c(Cl)c3)c2)cc1. The van der Waals surface area contributed by atoms with E-state index in [4.69, 9.17) is 21.4 Å². The normalized spacial score (nSPS) is 10.5. The van der Waals surface area contributed by atoms with E-state index in [1.54, 1.807) is 0 Å². The van der Waals surface area contributed by atoms with Crippen LogP contribution in [0.3, 0.4) is 0 Å². The van der Waals surface area contributed by atoms with E-state index in [-0.39, 0.29) is 11.4 Å². The zero-order valence-corrected chi connectivity index (χ0v) is 14.5. The van der Waals surface area contributed by atoms with Gasteiger partial charge in [-0.2, -0.15) is 0 Å². The number of hydrogen-bond acceptors (Lipinski definition) is 2. The molecule has 1 N–H and O–H groups in total. The Bertz CT molecular complexity index is 923. The predicted molar refractivity (Wildman–Crippen MR) is 99.3 cm³/mol. The summed E-state index contributed by atoms with van der Waals surface area (Å²) in [5, 5.41) is 8.76. The molecule has 5 heteroatoms. The minimum Gasteiger partial charge on any atom is -0.481 e. The Kier molecular flexibility index (Phi) is 5.54. The summed E-state index contributed by atoms with van der Waals surface area (Å²) in [5.41, 5.74) is 2.93. The molecule has 0 aromatic heterocycles. The van der Waals surface area contributed by atoms with Crippen molar-refractivity contribution in [2.24, 2.45) is 0 Å². The highest BCUT2D eigenvalue weighted by atomic mass is 35.5. The Morgan fingerprint density at radius 2 is 1.69 bits per heavy atom. The maximum absolute atomic E-state index is 13.2. The molecule has 0 heterocycles. The van der Waals surface area contributed by atoms with Crippen LogP contribution in [0.2, 0.25) is 5.02 Å². The molecule has 0 saturated carbocycles. The molecule has 0 saturated heterocycles. The first kappa shape index (κ1) is 18.0. The lowest BCUT2D eigenvalue weighted by Crippen LogP contribution is -1.97. The Labute approximate surface area is 155 Å². The molecule has 132 valence electrons. The summed E-state index contributed by atoms with van der Waals surface area (Å²) in [4.78, 5) is 10.6. The molecule has 3 aromatic carbocycles. The van der Waals surface area contributed by atoms with Gasteiger partial charge in [-0.25, -0.2) is 4.39 Å². The summed E-state index contributed by atoms with van der Waals surface area (Å²) in [5.74, 6) is -0.228. The molecule has 0 fully saturated rings. The number of carboxylic acids is 1. The number of carbonyl (C=O) groups is 1. The number of carboxylic acid groups (broad SMARTS) is 1. The minimum absolute atomic E-state index is 0.00982. The van der Waals surface area contributed by atoms with Crippen molar-refractivity contribution in [2.75, 3.05) is 0 Å². The Hall–Kier alpha value is -2.85. The lowest BCUT2D eigenvalue weighted by Gasteiger charge is -2.09. The number of benzene rings is 3. The maximum atomic E-state index is 13.2. The molecule has 0 radical (unpaired) electrons. The zero-order chi connectivity index (χ0) is 18.5. The van der Waals surface area contributed by atoms with Gasteiger partial charge in [0, 0.05) is 12.5 Å². The topological polar surface area (TPSA) is 46.5 Å². The summed E-state index contributed by atoms with van der Waals surface area (Å²) in [6, 6.07) is 19.5. The van der Waals surface area contributed by atoms with Gasteiger partial charge in [0.05, 0.1) is 5.02 Å². The van der Waals surface area contributed by atoms with Crippen molar-refractivity contribution in [2.45, 2.75) is 12.8 Å². The second kappa shape index (κ2) is 8.02. The Balaban J connectivity index is 1.76. The van der Waals surface area contributed by atoms with Crippen LogP contribution in [0.25, 0.3) is 11.1 Å². The first-order chi connectivity index (χ1) is 12.5. The number of aliphatic carboxylic acids is 1. The molecule has 0 atom stereocenters. The van der Waals surface area contributed by atoms with Gasteiger partial charge in [-0.1, -0.05) is 48.0 Å². The van der Waals surface area contributed by atoms with E-state index in [2.05, 4.69) is 0 Å². The van der Waals surface area contributed by atoms with Crippen molar-refractivity contribution < 1.29 is 19.0 Å². The molecule has 3 nitrogen and oxygen atoms in total. The first-order valence-corrected chi connectivity index (χ1v) is 8.43. The third kappa shape index (κ3) is 4.61. The number of rotatable bonds is 6. The fraction of sp³-hybridized carbons (Fsp3) is 0.0952. The quantitative estimate of drug-likeness (QED) is 0.582. The van der Waals surface area contributed by atoms with Crippen LogP contribution in [0.5, 0.6) is 11.5 Å². The van der Waals surface area contributed by atoms with Gasteiger partial charge < -0.3 is 9.84 Å². The van der Waals surface area contributed by atoms with Gasteiger partial charge in [0.25, 0.3) is 0 Å². The molecule has 0 amide bonds. The number of halogens is 2. The molecule has 26 heavy (non-hydrogen) atoms. The van der Waals surface area contributed by atoms with Crippen molar-refractivity contribution in [1.82, 2.24) is 0 Å². The van der Waals surface area contributed by atoms with Gasteiger partial charge in [0.1, 0.15) is 17.3 Å². The van der Waals surface area contributed by atoms with E-state index in [0.717, 1.165) is 16.7 Å². The number of ether oxygens (including phenoxy) is 1. The van der Waals surface area contributed by atoms with E-state index < -0.39 is 11.8 Å². The van der Waals surface area contributed by atoms with Crippen LogP contribution < -0.4 is 4.74 Å². The molecular formula is C21H16ClFO3. The van der Waals surface area contributed by atoms with Crippen molar-refractivity contribution in [3.63, 3.8) is 0 Å². The van der Waals surface area contributed by atoms with Crippen LogP contribution in [0.1, 0.15) is 12.0 Å². The highest BCUT2D eigenvalue weighted by molar-refractivity contribution is 6.30. The van der Waals surface area contributed by atoms with Crippen molar-refractivity contribution >= 4 is 17.6 Å². The lowest BCUT2D eigenvalue weighted by molar-refractivity contribution is -0.136. The number of hydrogen-bond donors (Lipinski definition) is 1. The van der Waals surface area contributed by atoms with Crippen LogP contribution in [-0.4, -0.2) is 11.1 Å². The van der Waals surface area contributed by atoms with Crippen molar-refractivity contribution in [3.8, 4) is 22.6 Å². The molecule has 0 spiro atoms. The van der Waals surface area contributed by atoms with Gasteiger partial charge in [-0.3, -0.25) is 4.79 Å². The minimum atomic E-state index is -0.806. The fourth-order valence-corrected chi connectivity index (χ4v) is 2.70. The van der Waals surface area contributed by atoms with E-state index in [0.29, 0.717) is 17.9 Å². The first-order valence-electron chi connectivity index (χ1n) is 8.05. The average molecular weight is 371 g/mol. The molecule has 3 aromatic rings. The van der Waals surface area contributed by atoms with Crippen LogP contribution in [0.15, 0.2) is 66.7 Å². The highest BCUT2D eigenvalue weighted by Gasteiger charge is 2.05. The van der Waals surface area contributed by atoms with Crippen LogP contribution >= 0.6 is 11.6 Å². The van der Waals surface area contributed by atoms with Crippen molar-refractivity contribution in [1.29, 1.82) is 0 Å². The summed E-state index contributed by atoms with van der Waals surface area (Å²) in [7, 11) is 0. The molecule has 0 aliphatic heterocycles. The average Bonchev–Trinajstić information content (AvgIpc) is 2.64. The Morgan fingerprint density at radius 1 is 0.962 bits per heavy atom. The number of aryl methyl sites for hydroxylation is 1. The molecule has 0 bridgehead atoms. The zero-order valence-electron chi connectivity index (χ0n) is 13.8. The highest BCUT2D eigenvalue weighted by Crippen LogP contribution is 2.29. The predicted octanol–water partition coefficient (Wildman–Crippen LogP) is 5.96. The Morgan fingerprint density at radius 3 is 2.38 bits per heavy atom.